The standard InChI is InChI=1S/C39H60N6O8.ClH/c40-24-28-6-10-31(11-7-28)36(46)42-15-19-44(20-16-42)38(48)52-27-34-35(51-26-30-4-2-1-3-5-30)33(14-23-50-34)53-39(49)45-21-17-43(18-22-45)37(47)32-12-8-29(25-41)9-13-32;/h1-5,28-29,31-35H,6-27,40-41H2;1H/t28?,29?,31?,32?,33-,34-,35+;/m1./s1. The monoisotopic (exact) mass is 776 g/mol. The molecule has 3 atom stereocenters. The zero-order valence-electron chi connectivity index (χ0n) is 31.6. The first-order valence-electron chi connectivity index (χ1n) is 19.9. The SMILES string of the molecule is Cl.NCC1CCC(C(=O)N2CCN(C(=O)OC[C@H]3OCC[C@@H](OC(=O)N4CCN(C(=O)C5CCC(CN)CC5)CC4)[C@@H]3OCc3ccccc3)CC2)CC1. The highest BCUT2D eigenvalue weighted by atomic mass is 35.5. The first kappa shape index (κ1) is 42.0. The van der Waals surface area contributed by atoms with Gasteiger partial charge in [0, 0.05) is 70.6 Å². The van der Waals surface area contributed by atoms with Crippen LogP contribution in [0.25, 0.3) is 0 Å². The quantitative estimate of drug-likeness (QED) is 0.360. The molecule has 3 aliphatic heterocycles. The summed E-state index contributed by atoms with van der Waals surface area (Å²) in [6.07, 6.45) is 5.07. The molecule has 6 rings (SSSR count). The van der Waals surface area contributed by atoms with E-state index in [0.717, 1.165) is 56.9 Å². The number of rotatable bonds is 10. The maximum absolute atomic E-state index is 13.5. The van der Waals surface area contributed by atoms with Gasteiger partial charge in [0.05, 0.1) is 13.2 Å². The Bertz CT molecular complexity index is 1350. The number of carbonyl (C=O) groups is 4. The number of halogens is 1. The molecule has 0 radical (unpaired) electrons. The van der Waals surface area contributed by atoms with Crippen molar-refractivity contribution >= 4 is 36.4 Å². The molecule has 54 heavy (non-hydrogen) atoms. The number of nitrogens with two attached hydrogens (primary N) is 2. The molecule has 2 saturated carbocycles. The molecule has 0 aromatic heterocycles. The van der Waals surface area contributed by atoms with Gasteiger partial charge in [-0.05, 0) is 81.9 Å². The number of amides is 4. The van der Waals surface area contributed by atoms with E-state index in [1.54, 1.807) is 9.80 Å². The molecule has 1 aromatic carbocycles. The third-order valence-electron chi connectivity index (χ3n) is 12.1. The third-order valence-corrected chi connectivity index (χ3v) is 12.1. The zero-order valence-corrected chi connectivity index (χ0v) is 32.4. The molecular formula is C39H61ClN6O8. The van der Waals surface area contributed by atoms with Crippen molar-refractivity contribution in [3.05, 3.63) is 35.9 Å². The van der Waals surface area contributed by atoms with Crippen molar-refractivity contribution in [2.75, 3.05) is 78.7 Å². The maximum atomic E-state index is 13.5. The zero-order chi connectivity index (χ0) is 37.2. The Labute approximate surface area is 325 Å². The second-order valence-corrected chi connectivity index (χ2v) is 15.5. The van der Waals surface area contributed by atoms with Crippen LogP contribution < -0.4 is 11.5 Å². The molecule has 2 aliphatic carbocycles. The number of benzene rings is 1. The van der Waals surface area contributed by atoms with E-state index in [9.17, 15) is 19.2 Å². The number of piperazine rings is 2. The summed E-state index contributed by atoms with van der Waals surface area (Å²) in [6, 6.07) is 9.71. The van der Waals surface area contributed by atoms with E-state index in [2.05, 4.69) is 0 Å². The van der Waals surface area contributed by atoms with Gasteiger partial charge in [0.15, 0.2) is 0 Å². The topological polar surface area (TPSA) is 170 Å². The van der Waals surface area contributed by atoms with Gasteiger partial charge in [0.25, 0.3) is 0 Å². The maximum Gasteiger partial charge on any atom is 0.410 e. The van der Waals surface area contributed by atoms with E-state index in [0.29, 0.717) is 90.3 Å². The Morgan fingerprint density at radius 1 is 0.648 bits per heavy atom. The predicted molar refractivity (Wildman–Crippen MR) is 204 cm³/mol. The van der Waals surface area contributed by atoms with Gasteiger partial charge >= 0.3 is 12.2 Å². The lowest BCUT2D eigenvalue weighted by Gasteiger charge is -2.40. The summed E-state index contributed by atoms with van der Waals surface area (Å²) >= 11 is 0. The lowest BCUT2D eigenvalue weighted by Crippen LogP contribution is -2.55. The molecule has 5 fully saturated rings. The van der Waals surface area contributed by atoms with Crippen molar-refractivity contribution in [1.29, 1.82) is 0 Å². The second-order valence-electron chi connectivity index (χ2n) is 15.5. The molecule has 0 unspecified atom stereocenters. The molecular weight excluding hydrogens is 716 g/mol. The summed E-state index contributed by atoms with van der Waals surface area (Å²) in [5.41, 5.74) is 12.6. The predicted octanol–water partition coefficient (Wildman–Crippen LogP) is 3.24. The van der Waals surface area contributed by atoms with Gasteiger partial charge in [0.1, 0.15) is 24.9 Å². The molecule has 3 saturated heterocycles. The van der Waals surface area contributed by atoms with Crippen LogP contribution in [0.15, 0.2) is 30.3 Å². The number of hydrogen-bond donors (Lipinski definition) is 2. The Morgan fingerprint density at radius 3 is 1.63 bits per heavy atom. The number of carbonyl (C=O) groups excluding carboxylic acids is 4. The minimum atomic E-state index is -0.670. The van der Waals surface area contributed by atoms with Crippen LogP contribution in [0.1, 0.15) is 63.4 Å². The number of ether oxygens (including phenoxy) is 4. The van der Waals surface area contributed by atoms with Crippen molar-refractivity contribution in [2.24, 2.45) is 35.1 Å². The van der Waals surface area contributed by atoms with Gasteiger partial charge < -0.3 is 50.0 Å². The van der Waals surface area contributed by atoms with E-state index in [-0.39, 0.29) is 49.3 Å². The Morgan fingerprint density at radius 2 is 1.13 bits per heavy atom. The Hall–Kier alpha value is -3.17. The third kappa shape index (κ3) is 11.0. The van der Waals surface area contributed by atoms with Gasteiger partial charge in [-0.2, -0.15) is 0 Å². The highest BCUT2D eigenvalue weighted by molar-refractivity contribution is 5.85. The Kier molecular flexibility index (Phi) is 16.1. The summed E-state index contributed by atoms with van der Waals surface area (Å²) in [5, 5.41) is 0. The molecule has 302 valence electrons. The summed E-state index contributed by atoms with van der Waals surface area (Å²) in [6.45, 7) is 5.38. The van der Waals surface area contributed by atoms with Gasteiger partial charge in [-0.3, -0.25) is 9.59 Å². The number of nitrogens with zero attached hydrogens (tertiary/aromatic N) is 4. The lowest BCUT2D eigenvalue weighted by atomic mass is 9.81. The normalized spacial score (nSPS) is 29.2. The van der Waals surface area contributed by atoms with Crippen molar-refractivity contribution in [3.63, 3.8) is 0 Å². The fourth-order valence-corrected chi connectivity index (χ4v) is 8.56. The van der Waals surface area contributed by atoms with Crippen LogP contribution >= 0.6 is 12.4 Å². The van der Waals surface area contributed by atoms with Gasteiger partial charge in [-0.25, -0.2) is 9.59 Å². The lowest BCUT2D eigenvalue weighted by molar-refractivity contribution is -0.178. The van der Waals surface area contributed by atoms with Crippen LogP contribution in [0, 0.1) is 23.7 Å². The Balaban J connectivity index is 0.00000561. The largest absolute Gasteiger partial charge is 0.447 e. The van der Waals surface area contributed by atoms with E-state index >= 15 is 0 Å². The molecule has 3 heterocycles. The fraction of sp³-hybridized carbons (Fsp3) is 0.744. The molecule has 14 nitrogen and oxygen atoms in total. The molecule has 15 heteroatoms. The highest BCUT2D eigenvalue weighted by Gasteiger charge is 2.41. The van der Waals surface area contributed by atoms with E-state index in [1.807, 2.05) is 40.1 Å². The van der Waals surface area contributed by atoms with Crippen LogP contribution in [-0.4, -0.2) is 141 Å². The van der Waals surface area contributed by atoms with E-state index < -0.39 is 30.5 Å². The molecule has 4 amide bonds. The molecule has 0 bridgehead atoms. The molecule has 0 spiro atoms. The van der Waals surface area contributed by atoms with Crippen LogP contribution in [-0.2, 0) is 35.1 Å². The molecule has 1 aromatic rings. The average molecular weight is 777 g/mol. The smallest absolute Gasteiger partial charge is 0.410 e. The minimum Gasteiger partial charge on any atom is -0.447 e. The van der Waals surface area contributed by atoms with Crippen LogP contribution in [0.5, 0.6) is 0 Å². The average Bonchev–Trinajstić information content (AvgIpc) is 3.22. The van der Waals surface area contributed by atoms with Gasteiger partial charge in [-0.1, -0.05) is 30.3 Å². The summed E-state index contributed by atoms with van der Waals surface area (Å²) in [4.78, 5) is 60.1. The summed E-state index contributed by atoms with van der Waals surface area (Å²) in [7, 11) is 0. The van der Waals surface area contributed by atoms with Gasteiger partial charge in [-0.15, -0.1) is 12.4 Å². The first-order chi connectivity index (χ1) is 25.8. The number of hydrogen-bond acceptors (Lipinski definition) is 10. The van der Waals surface area contributed by atoms with Crippen LogP contribution in [0.2, 0.25) is 0 Å². The van der Waals surface area contributed by atoms with Crippen molar-refractivity contribution < 1.29 is 38.1 Å². The summed E-state index contributed by atoms with van der Waals surface area (Å²) < 4.78 is 24.3. The highest BCUT2D eigenvalue weighted by Crippen LogP contribution is 2.31. The van der Waals surface area contributed by atoms with E-state index in [1.165, 1.54) is 0 Å². The first-order valence-corrected chi connectivity index (χ1v) is 19.9. The van der Waals surface area contributed by atoms with Crippen LogP contribution in [0.4, 0.5) is 9.59 Å². The van der Waals surface area contributed by atoms with Crippen molar-refractivity contribution in [2.45, 2.75) is 82.7 Å². The minimum absolute atomic E-state index is 0. The summed E-state index contributed by atoms with van der Waals surface area (Å²) in [5.74, 6) is 1.47. The molecule has 5 aliphatic rings. The van der Waals surface area contributed by atoms with Crippen molar-refractivity contribution in [1.82, 2.24) is 19.6 Å². The van der Waals surface area contributed by atoms with Gasteiger partial charge in [0.2, 0.25) is 11.8 Å². The van der Waals surface area contributed by atoms with E-state index in [4.69, 9.17) is 30.4 Å². The fourth-order valence-electron chi connectivity index (χ4n) is 8.56. The van der Waals surface area contributed by atoms with Crippen LogP contribution in [0.3, 0.4) is 0 Å². The molecule has 4 N–H and O–H groups in total. The van der Waals surface area contributed by atoms with Crippen molar-refractivity contribution in [3.8, 4) is 0 Å². The second kappa shape index (κ2) is 20.7.